The average molecular weight is 534 g/mol. The molecule has 0 radical (unpaired) electrons. The molecular formula is C25H32N3O8P. The molecule has 200 valence electrons. The van der Waals surface area contributed by atoms with Crippen LogP contribution in [0.3, 0.4) is 0 Å². The minimum Gasteiger partial charge on any atom is -0.356 e. The smallest absolute Gasteiger partial charge is 0.333 e. The molecule has 3 amide bonds. The number of benzene rings is 1. The van der Waals surface area contributed by atoms with Crippen LogP contribution >= 0.6 is 7.60 Å². The Morgan fingerprint density at radius 3 is 2.41 bits per heavy atom. The van der Waals surface area contributed by atoms with Gasteiger partial charge in [-0.2, -0.15) is 0 Å². The van der Waals surface area contributed by atoms with Gasteiger partial charge in [0.1, 0.15) is 0 Å². The van der Waals surface area contributed by atoms with Gasteiger partial charge in [-0.1, -0.05) is 12.1 Å². The third-order valence-corrected chi connectivity index (χ3v) is 6.82. The summed E-state index contributed by atoms with van der Waals surface area (Å²) in [6, 6.07) is 7.92. The van der Waals surface area contributed by atoms with Crippen LogP contribution < -0.4 is 5.32 Å². The maximum atomic E-state index is 11.9. The van der Waals surface area contributed by atoms with Crippen molar-refractivity contribution in [1.29, 1.82) is 0 Å². The quantitative estimate of drug-likeness (QED) is 0.188. The molecule has 1 saturated heterocycles. The second-order valence-electron chi connectivity index (χ2n) is 9.07. The van der Waals surface area contributed by atoms with Crippen molar-refractivity contribution >= 4 is 42.2 Å². The van der Waals surface area contributed by atoms with E-state index in [-0.39, 0.29) is 31.3 Å². The molecule has 0 atom stereocenters. The van der Waals surface area contributed by atoms with Crippen LogP contribution in [-0.2, 0) is 41.4 Å². The fourth-order valence-corrected chi connectivity index (χ4v) is 4.59. The van der Waals surface area contributed by atoms with Crippen LogP contribution in [0.15, 0.2) is 30.5 Å². The van der Waals surface area contributed by atoms with E-state index in [1.807, 2.05) is 24.3 Å². The summed E-state index contributed by atoms with van der Waals surface area (Å²) in [5.74, 6) is -1.68. The number of hydrogen-bond acceptors (Lipinski definition) is 7. The first-order chi connectivity index (χ1) is 17.6. The molecule has 0 spiro atoms. The van der Waals surface area contributed by atoms with Crippen molar-refractivity contribution in [2.75, 3.05) is 12.7 Å². The lowest BCUT2D eigenvalue weighted by molar-refractivity contribution is -0.197. The summed E-state index contributed by atoms with van der Waals surface area (Å²) < 4.78 is 10.8. The SMILES string of the molecule is O=C(CCCc1cnc2cc(CCCC(=O)ON3C(=O)CCC3=O)ccc2c1)NCCCCP(=O)(O)O. The van der Waals surface area contributed by atoms with Crippen LogP contribution in [-0.4, -0.2) is 56.2 Å². The van der Waals surface area contributed by atoms with Gasteiger partial charge in [0.25, 0.3) is 11.8 Å². The number of rotatable bonds is 14. The minimum atomic E-state index is -3.97. The van der Waals surface area contributed by atoms with Gasteiger partial charge >= 0.3 is 13.6 Å². The Labute approximate surface area is 214 Å². The first kappa shape index (κ1) is 28.4. The molecule has 1 aliphatic rings. The van der Waals surface area contributed by atoms with Crippen LogP contribution in [0.2, 0.25) is 0 Å². The summed E-state index contributed by atoms with van der Waals surface area (Å²) in [6.07, 6.45) is 5.56. The van der Waals surface area contributed by atoms with Crippen molar-refractivity contribution in [3.8, 4) is 0 Å². The van der Waals surface area contributed by atoms with Gasteiger partial charge in [-0.05, 0) is 61.8 Å². The van der Waals surface area contributed by atoms with Crippen LogP contribution in [0.5, 0.6) is 0 Å². The topological polar surface area (TPSA) is 163 Å². The zero-order valence-corrected chi connectivity index (χ0v) is 21.5. The first-order valence-corrected chi connectivity index (χ1v) is 14.2. The predicted molar refractivity (Wildman–Crippen MR) is 134 cm³/mol. The molecule has 3 rings (SSSR count). The number of nitrogens with zero attached hydrogens (tertiary/aromatic N) is 2. The number of carbonyl (C=O) groups excluding carboxylic acids is 4. The van der Waals surface area contributed by atoms with Crippen molar-refractivity contribution in [2.45, 2.75) is 64.2 Å². The summed E-state index contributed by atoms with van der Waals surface area (Å²) in [7, 11) is -3.97. The van der Waals surface area contributed by atoms with Crippen molar-refractivity contribution in [3.63, 3.8) is 0 Å². The van der Waals surface area contributed by atoms with Gasteiger partial charge in [-0.15, -0.1) is 5.06 Å². The first-order valence-electron chi connectivity index (χ1n) is 12.4. The molecule has 0 aliphatic carbocycles. The van der Waals surface area contributed by atoms with E-state index in [0.717, 1.165) is 22.0 Å². The Morgan fingerprint density at radius 2 is 1.68 bits per heavy atom. The van der Waals surface area contributed by atoms with Crippen molar-refractivity contribution in [2.24, 2.45) is 0 Å². The number of pyridine rings is 1. The molecule has 0 unspecified atom stereocenters. The molecule has 11 nitrogen and oxygen atoms in total. The number of hydrogen-bond donors (Lipinski definition) is 3. The van der Waals surface area contributed by atoms with E-state index in [4.69, 9.17) is 14.6 Å². The summed E-state index contributed by atoms with van der Waals surface area (Å²) in [4.78, 5) is 74.0. The summed E-state index contributed by atoms with van der Waals surface area (Å²) >= 11 is 0. The molecule has 3 N–H and O–H groups in total. The van der Waals surface area contributed by atoms with Crippen LogP contribution in [0.25, 0.3) is 10.9 Å². The molecule has 2 heterocycles. The lowest BCUT2D eigenvalue weighted by atomic mass is 10.0. The van der Waals surface area contributed by atoms with E-state index in [2.05, 4.69) is 10.3 Å². The summed E-state index contributed by atoms with van der Waals surface area (Å²) in [5, 5.41) is 4.30. The number of nitrogens with one attached hydrogen (secondary N) is 1. The predicted octanol–water partition coefficient (Wildman–Crippen LogP) is 2.56. The largest absolute Gasteiger partial charge is 0.356 e. The lowest BCUT2D eigenvalue weighted by Gasteiger charge is -2.12. The number of carbonyl (C=O) groups is 4. The number of fused-ring (bicyclic) bond motifs is 1. The Morgan fingerprint density at radius 1 is 0.973 bits per heavy atom. The number of unbranched alkanes of at least 4 members (excludes halogenated alkanes) is 1. The fraction of sp³-hybridized carbons (Fsp3) is 0.480. The molecule has 2 aromatic rings. The molecule has 12 heteroatoms. The van der Waals surface area contributed by atoms with Gasteiger partial charge in [0.05, 0.1) is 5.52 Å². The standard InChI is InChI=1S/C25H32N3O8P/c29-22(26-13-1-2-14-37(33,34)35)7-3-6-19-15-20-10-9-18(16-21(20)27-17-19)5-4-8-25(32)36-28-23(30)11-12-24(28)31/h9-10,15-17H,1-8,11-14H2,(H,26,29)(H2,33,34,35). The van der Waals surface area contributed by atoms with E-state index in [0.29, 0.717) is 56.6 Å². The summed E-state index contributed by atoms with van der Waals surface area (Å²) in [5.41, 5.74) is 2.85. The van der Waals surface area contributed by atoms with Gasteiger partial charge in [0.15, 0.2) is 0 Å². The second kappa shape index (κ2) is 13.4. The maximum Gasteiger partial charge on any atom is 0.333 e. The molecule has 37 heavy (non-hydrogen) atoms. The van der Waals surface area contributed by atoms with E-state index in [9.17, 15) is 23.7 Å². The average Bonchev–Trinajstić information content (AvgIpc) is 3.15. The van der Waals surface area contributed by atoms with Crippen LogP contribution in [0.4, 0.5) is 0 Å². The van der Waals surface area contributed by atoms with Gasteiger partial charge in [0, 0.05) is 50.0 Å². The normalized spacial score (nSPS) is 13.8. The number of hydroxylamine groups is 2. The molecule has 1 fully saturated rings. The van der Waals surface area contributed by atoms with Crippen molar-refractivity contribution < 1.29 is 38.4 Å². The van der Waals surface area contributed by atoms with Gasteiger partial charge in [0.2, 0.25) is 5.91 Å². The van der Waals surface area contributed by atoms with Crippen LogP contribution in [0.1, 0.15) is 62.5 Å². The highest BCUT2D eigenvalue weighted by Gasteiger charge is 2.32. The third kappa shape index (κ3) is 9.68. The highest BCUT2D eigenvalue weighted by atomic mass is 31.2. The summed E-state index contributed by atoms with van der Waals surface area (Å²) in [6.45, 7) is 0.400. The Kier molecular flexibility index (Phi) is 10.3. The monoisotopic (exact) mass is 533 g/mol. The highest BCUT2D eigenvalue weighted by molar-refractivity contribution is 7.51. The fourth-order valence-electron chi connectivity index (χ4n) is 3.96. The number of imide groups is 1. The van der Waals surface area contributed by atoms with Crippen LogP contribution in [0, 0.1) is 0 Å². The molecule has 1 aromatic carbocycles. The molecule has 1 aliphatic heterocycles. The van der Waals surface area contributed by atoms with E-state index >= 15 is 0 Å². The zero-order chi connectivity index (χ0) is 26.8. The molecule has 0 saturated carbocycles. The second-order valence-corrected chi connectivity index (χ2v) is 10.8. The van der Waals surface area contributed by atoms with Gasteiger partial charge in [-0.25, -0.2) is 4.79 Å². The van der Waals surface area contributed by atoms with E-state index < -0.39 is 25.4 Å². The molecule has 0 bridgehead atoms. The molecular weight excluding hydrogens is 501 g/mol. The van der Waals surface area contributed by atoms with Gasteiger partial charge in [-0.3, -0.25) is 23.9 Å². The maximum absolute atomic E-state index is 11.9. The van der Waals surface area contributed by atoms with Crippen molar-refractivity contribution in [3.05, 3.63) is 41.6 Å². The lowest BCUT2D eigenvalue weighted by Crippen LogP contribution is -2.31. The third-order valence-electron chi connectivity index (χ3n) is 5.92. The number of amides is 3. The zero-order valence-electron chi connectivity index (χ0n) is 20.6. The Bertz CT molecular complexity index is 1180. The minimum absolute atomic E-state index is 0.0685. The van der Waals surface area contributed by atoms with Crippen molar-refractivity contribution in [1.82, 2.24) is 15.4 Å². The van der Waals surface area contributed by atoms with Gasteiger partial charge < -0.3 is 19.9 Å². The highest BCUT2D eigenvalue weighted by Crippen LogP contribution is 2.35. The molecule has 1 aromatic heterocycles. The Balaban J connectivity index is 1.37. The number of aryl methyl sites for hydroxylation is 2. The Hall–Kier alpha value is -3.14. The van der Waals surface area contributed by atoms with E-state index in [1.165, 1.54) is 0 Å². The van der Waals surface area contributed by atoms with E-state index in [1.54, 1.807) is 6.20 Å². The number of aromatic nitrogens is 1.